The summed E-state index contributed by atoms with van der Waals surface area (Å²) in [7, 11) is 0. The molecule has 0 aromatic heterocycles. The van der Waals surface area contributed by atoms with Gasteiger partial charge in [-0.25, -0.2) is 0 Å². The Kier molecular flexibility index (Phi) is 7.01. The highest BCUT2D eigenvalue weighted by Crippen LogP contribution is 2.17. The second kappa shape index (κ2) is 9.47. The van der Waals surface area contributed by atoms with Crippen molar-refractivity contribution in [3.05, 3.63) is 65.2 Å². The summed E-state index contributed by atoms with van der Waals surface area (Å²) in [5.74, 6) is 0.366. The van der Waals surface area contributed by atoms with Gasteiger partial charge in [-0.2, -0.15) is 0 Å². The minimum absolute atomic E-state index is 0.0388. The smallest absolute Gasteiger partial charge is 0.258 e. The number of carbonyl (C=O) groups is 2. The monoisotopic (exact) mass is 340 g/mol. The van der Waals surface area contributed by atoms with Crippen LogP contribution in [0.2, 0.25) is 0 Å². The number of ether oxygens (including phenoxy) is 1. The number of carbonyl (C=O) groups excluding carboxylic acids is 2. The van der Waals surface area contributed by atoms with E-state index >= 15 is 0 Å². The lowest BCUT2D eigenvalue weighted by Crippen LogP contribution is -2.36. The molecule has 0 aliphatic carbocycles. The van der Waals surface area contributed by atoms with E-state index in [0.717, 1.165) is 23.3 Å². The fraction of sp³-hybridized carbons (Fsp3) is 0.300. The molecule has 0 unspecified atom stereocenters. The van der Waals surface area contributed by atoms with E-state index in [-0.39, 0.29) is 18.4 Å². The molecular weight excluding hydrogens is 316 g/mol. The van der Waals surface area contributed by atoms with E-state index in [1.807, 2.05) is 50.2 Å². The minimum Gasteiger partial charge on any atom is -0.483 e. The van der Waals surface area contributed by atoms with Crippen molar-refractivity contribution >= 4 is 11.8 Å². The van der Waals surface area contributed by atoms with Crippen LogP contribution >= 0.6 is 0 Å². The van der Waals surface area contributed by atoms with Crippen LogP contribution in [-0.4, -0.2) is 31.5 Å². The van der Waals surface area contributed by atoms with Crippen molar-refractivity contribution in [3.8, 4) is 5.75 Å². The quantitative estimate of drug-likeness (QED) is 0.726. The number of benzene rings is 2. The van der Waals surface area contributed by atoms with Crippen LogP contribution in [0.4, 0.5) is 0 Å². The van der Waals surface area contributed by atoms with Gasteiger partial charge in [0.15, 0.2) is 6.61 Å². The maximum Gasteiger partial charge on any atom is 0.258 e. The molecule has 5 nitrogen and oxygen atoms in total. The SMILES string of the molecule is CCc1ccccc1OCC(=O)NCCNC(=O)c1ccc(C)cc1. The van der Waals surface area contributed by atoms with E-state index in [4.69, 9.17) is 4.74 Å². The second-order valence-corrected chi connectivity index (χ2v) is 5.72. The Labute approximate surface area is 148 Å². The van der Waals surface area contributed by atoms with Crippen molar-refractivity contribution in [1.82, 2.24) is 10.6 Å². The maximum absolute atomic E-state index is 11.9. The lowest BCUT2D eigenvalue weighted by atomic mass is 10.1. The van der Waals surface area contributed by atoms with Crippen LogP contribution in [0.5, 0.6) is 5.75 Å². The largest absolute Gasteiger partial charge is 0.483 e. The van der Waals surface area contributed by atoms with E-state index in [1.165, 1.54) is 0 Å². The van der Waals surface area contributed by atoms with Crippen molar-refractivity contribution in [2.45, 2.75) is 20.3 Å². The molecule has 2 rings (SSSR count). The molecule has 0 saturated heterocycles. The highest BCUT2D eigenvalue weighted by Gasteiger charge is 2.07. The van der Waals surface area contributed by atoms with E-state index in [1.54, 1.807) is 12.1 Å². The molecule has 0 heterocycles. The van der Waals surface area contributed by atoms with Gasteiger partial charge >= 0.3 is 0 Å². The molecule has 2 aromatic carbocycles. The summed E-state index contributed by atoms with van der Waals surface area (Å²) in [5, 5.41) is 5.50. The number of hydrogen-bond acceptors (Lipinski definition) is 3. The summed E-state index contributed by atoms with van der Waals surface area (Å²) in [6.45, 7) is 4.69. The average molecular weight is 340 g/mol. The second-order valence-electron chi connectivity index (χ2n) is 5.72. The molecule has 0 radical (unpaired) electrons. The summed E-state index contributed by atoms with van der Waals surface area (Å²) in [6.07, 6.45) is 0.850. The Morgan fingerprint density at radius 3 is 2.36 bits per heavy atom. The zero-order valence-electron chi connectivity index (χ0n) is 14.7. The van der Waals surface area contributed by atoms with E-state index in [0.29, 0.717) is 18.7 Å². The zero-order valence-corrected chi connectivity index (χ0v) is 14.7. The first kappa shape index (κ1) is 18.5. The van der Waals surface area contributed by atoms with Gasteiger partial charge in [0.25, 0.3) is 11.8 Å². The number of para-hydroxylation sites is 1. The molecule has 2 N–H and O–H groups in total. The summed E-state index contributed by atoms with van der Waals surface area (Å²) >= 11 is 0. The Hall–Kier alpha value is -2.82. The molecule has 25 heavy (non-hydrogen) atoms. The van der Waals surface area contributed by atoms with Crippen molar-refractivity contribution in [3.63, 3.8) is 0 Å². The molecule has 2 amide bonds. The molecule has 132 valence electrons. The fourth-order valence-corrected chi connectivity index (χ4v) is 2.32. The van der Waals surface area contributed by atoms with Crippen LogP contribution in [0.3, 0.4) is 0 Å². The first-order valence-electron chi connectivity index (χ1n) is 8.42. The number of nitrogens with one attached hydrogen (secondary N) is 2. The molecular formula is C20H24N2O3. The highest BCUT2D eigenvalue weighted by atomic mass is 16.5. The van der Waals surface area contributed by atoms with Gasteiger partial charge in [-0.05, 0) is 37.1 Å². The highest BCUT2D eigenvalue weighted by molar-refractivity contribution is 5.94. The van der Waals surface area contributed by atoms with Crippen molar-refractivity contribution in [2.24, 2.45) is 0 Å². The Morgan fingerprint density at radius 2 is 1.64 bits per heavy atom. The van der Waals surface area contributed by atoms with E-state index in [2.05, 4.69) is 10.6 Å². The molecule has 0 spiro atoms. The van der Waals surface area contributed by atoms with Crippen molar-refractivity contribution in [1.29, 1.82) is 0 Å². The van der Waals surface area contributed by atoms with Gasteiger partial charge < -0.3 is 15.4 Å². The molecule has 2 aromatic rings. The van der Waals surface area contributed by atoms with Crippen molar-refractivity contribution in [2.75, 3.05) is 19.7 Å². The number of hydrogen-bond donors (Lipinski definition) is 2. The Balaban J connectivity index is 1.67. The van der Waals surface area contributed by atoms with E-state index < -0.39 is 0 Å². The summed E-state index contributed by atoms with van der Waals surface area (Å²) in [4.78, 5) is 23.8. The van der Waals surface area contributed by atoms with Gasteiger partial charge in [-0.15, -0.1) is 0 Å². The normalized spacial score (nSPS) is 10.2. The van der Waals surface area contributed by atoms with Gasteiger partial charge in [0.05, 0.1) is 0 Å². The topological polar surface area (TPSA) is 67.4 Å². The fourth-order valence-electron chi connectivity index (χ4n) is 2.32. The molecule has 0 aliphatic rings. The van der Waals surface area contributed by atoms with Crippen LogP contribution in [0.1, 0.15) is 28.4 Å². The van der Waals surface area contributed by atoms with Gasteiger partial charge in [-0.1, -0.05) is 42.8 Å². The molecule has 5 heteroatoms. The summed E-state index contributed by atoms with van der Waals surface area (Å²) in [6, 6.07) is 15.0. The van der Waals surface area contributed by atoms with Crippen molar-refractivity contribution < 1.29 is 14.3 Å². The molecule has 0 atom stereocenters. The molecule has 0 saturated carbocycles. The summed E-state index contributed by atoms with van der Waals surface area (Å²) < 4.78 is 5.55. The zero-order chi connectivity index (χ0) is 18.1. The molecule has 0 bridgehead atoms. The maximum atomic E-state index is 11.9. The molecule has 0 fully saturated rings. The van der Waals surface area contributed by atoms with Gasteiger partial charge in [0.1, 0.15) is 5.75 Å². The van der Waals surface area contributed by atoms with Crippen LogP contribution in [0, 0.1) is 6.92 Å². The first-order valence-corrected chi connectivity index (χ1v) is 8.42. The predicted molar refractivity (Wildman–Crippen MR) is 97.8 cm³/mol. The van der Waals surface area contributed by atoms with Crippen LogP contribution in [0.15, 0.2) is 48.5 Å². The van der Waals surface area contributed by atoms with Gasteiger partial charge in [-0.3, -0.25) is 9.59 Å². The third-order valence-electron chi connectivity index (χ3n) is 3.76. The average Bonchev–Trinajstić information content (AvgIpc) is 2.64. The molecule has 0 aliphatic heterocycles. The van der Waals surface area contributed by atoms with Gasteiger partial charge in [0.2, 0.25) is 0 Å². The standard InChI is InChI=1S/C20H24N2O3/c1-3-16-6-4-5-7-18(16)25-14-19(23)21-12-13-22-20(24)17-10-8-15(2)9-11-17/h4-11H,3,12-14H2,1-2H3,(H,21,23)(H,22,24). The minimum atomic E-state index is -0.213. The lowest BCUT2D eigenvalue weighted by Gasteiger charge is -2.11. The summed E-state index contributed by atoms with van der Waals surface area (Å²) in [5.41, 5.74) is 2.78. The Bertz CT molecular complexity index is 711. The third kappa shape index (κ3) is 5.95. The van der Waals surface area contributed by atoms with E-state index in [9.17, 15) is 9.59 Å². The predicted octanol–water partition coefficient (Wildman–Crippen LogP) is 2.48. The van der Waals surface area contributed by atoms with Gasteiger partial charge in [0, 0.05) is 18.7 Å². The number of amides is 2. The number of aryl methyl sites for hydroxylation is 2. The Morgan fingerprint density at radius 1 is 0.960 bits per heavy atom. The van der Waals surface area contributed by atoms with Crippen LogP contribution < -0.4 is 15.4 Å². The van der Waals surface area contributed by atoms with Crippen LogP contribution in [0.25, 0.3) is 0 Å². The third-order valence-corrected chi connectivity index (χ3v) is 3.76. The number of rotatable bonds is 8. The van der Waals surface area contributed by atoms with Crippen LogP contribution in [-0.2, 0) is 11.2 Å². The lowest BCUT2D eigenvalue weighted by molar-refractivity contribution is -0.123. The first-order chi connectivity index (χ1) is 12.1.